The topological polar surface area (TPSA) is 94.6 Å². The summed E-state index contributed by atoms with van der Waals surface area (Å²) in [6.45, 7) is 0.135. The Morgan fingerprint density at radius 1 is 1.41 bits per heavy atom. The fourth-order valence-electron chi connectivity index (χ4n) is 3.79. The van der Waals surface area contributed by atoms with Gasteiger partial charge < -0.3 is 20.1 Å². The molecule has 6 nitrogen and oxygen atoms in total. The number of halogens is 2. The Labute approximate surface area is 159 Å². The molecule has 1 heterocycles. The van der Waals surface area contributed by atoms with Crippen molar-refractivity contribution >= 4 is 28.5 Å². The lowest BCUT2D eigenvalue weighted by molar-refractivity contribution is 0.0695. The lowest BCUT2D eigenvalue weighted by atomic mass is 10.0. The van der Waals surface area contributed by atoms with Crippen molar-refractivity contribution in [2.24, 2.45) is 5.73 Å². The number of carboxylic acids is 1. The van der Waals surface area contributed by atoms with E-state index in [9.17, 15) is 19.1 Å². The average molecular weight is 395 g/mol. The summed E-state index contributed by atoms with van der Waals surface area (Å²) in [6, 6.07) is 1.06. The molecule has 4 rings (SSSR count). The highest BCUT2D eigenvalue weighted by molar-refractivity contribution is 6.36. The van der Waals surface area contributed by atoms with E-state index in [1.54, 1.807) is 4.57 Å². The lowest BCUT2D eigenvalue weighted by Crippen LogP contribution is -2.42. The smallest absolute Gasteiger partial charge is 0.341 e. The first-order valence-corrected chi connectivity index (χ1v) is 9.40. The molecule has 0 saturated heterocycles. The van der Waals surface area contributed by atoms with E-state index in [1.807, 2.05) is 0 Å². The largest absolute Gasteiger partial charge is 0.487 e. The Balaban J connectivity index is 1.85. The Hall–Kier alpha value is -2.12. The molecular formula is C19H20ClFN2O4. The van der Waals surface area contributed by atoms with Crippen LogP contribution in [0.2, 0.25) is 5.02 Å². The maximum Gasteiger partial charge on any atom is 0.341 e. The van der Waals surface area contributed by atoms with Crippen LogP contribution in [0.4, 0.5) is 4.39 Å². The second-order valence-corrected chi connectivity index (χ2v) is 7.95. The van der Waals surface area contributed by atoms with E-state index in [0.717, 1.165) is 44.6 Å². The maximum atomic E-state index is 14.7. The summed E-state index contributed by atoms with van der Waals surface area (Å²) in [4.78, 5) is 23.9. The molecule has 0 amide bonds. The van der Waals surface area contributed by atoms with Crippen LogP contribution in [0.3, 0.4) is 0 Å². The van der Waals surface area contributed by atoms with Gasteiger partial charge in [0, 0.05) is 12.2 Å². The van der Waals surface area contributed by atoms with E-state index >= 15 is 0 Å². The number of fused-ring (bicyclic) bond motifs is 1. The Morgan fingerprint density at radius 2 is 2.07 bits per heavy atom. The summed E-state index contributed by atoms with van der Waals surface area (Å²) < 4.78 is 22.0. The minimum Gasteiger partial charge on any atom is -0.487 e. The quantitative estimate of drug-likeness (QED) is 0.809. The highest BCUT2D eigenvalue weighted by Gasteiger charge is 2.32. The third-order valence-electron chi connectivity index (χ3n) is 5.44. The number of aromatic nitrogens is 1. The summed E-state index contributed by atoms with van der Waals surface area (Å²) in [5, 5.41) is 9.22. The molecule has 144 valence electrons. The molecule has 1 aromatic heterocycles. The van der Waals surface area contributed by atoms with Crippen LogP contribution < -0.4 is 15.9 Å². The molecule has 3 N–H and O–H groups in total. The molecule has 0 radical (unpaired) electrons. The molecule has 2 fully saturated rings. The average Bonchev–Trinajstić information content (AvgIpc) is 3.36. The zero-order chi connectivity index (χ0) is 19.3. The minimum atomic E-state index is -1.35. The Kier molecular flexibility index (Phi) is 4.39. The summed E-state index contributed by atoms with van der Waals surface area (Å²) in [6.07, 6.45) is 6.59. The van der Waals surface area contributed by atoms with Crippen LogP contribution in [0.15, 0.2) is 17.1 Å². The first-order valence-electron chi connectivity index (χ1n) is 9.02. The zero-order valence-electron chi connectivity index (χ0n) is 14.6. The third-order valence-corrected chi connectivity index (χ3v) is 5.79. The first-order chi connectivity index (χ1) is 12.8. The SMILES string of the molecule is NC1(COc2c(F)cc3c(=O)c(C(=O)O)cn(C4CC4)c3c2Cl)CCCC1. The van der Waals surface area contributed by atoms with Gasteiger partial charge in [0.1, 0.15) is 17.2 Å². The highest BCUT2D eigenvalue weighted by atomic mass is 35.5. The van der Waals surface area contributed by atoms with Gasteiger partial charge in [-0.2, -0.15) is 0 Å². The molecule has 0 aliphatic heterocycles. The number of benzene rings is 1. The molecule has 2 aromatic rings. The van der Waals surface area contributed by atoms with E-state index in [4.69, 9.17) is 22.1 Å². The first kappa shape index (κ1) is 18.3. The van der Waals surface area contributed by atoms with Gasteiger partial charge in [-0.25, -0.2) is 9.18 Å². The van der Waals surface area contributed by atoms with Gasteiger partial charge in [-0.15, -0.1) is 0 Å². The second-order valence-electron chi connectivity index (χ2n) is 7.57. The molecular weight excluding hydrogens is 375 g/mol. The van der Waals surface area contributed by atoms with E-state index in [1.165, 1.54) is 6.20 Å². The number of nitrogens with two attached hydrogens (primary N) is 1. The number of hydrogen-bond acceptors (Lipinski definition) is 4. The van der Waals surface area contributed by atoms with E-state index in [0.29, 0.717) is 5.52 Å². The standard InChI is InChI=1S/C19H20ClFN2O4/c20-14-15-11(16(24)12(18(25)26)8-23(15)10-3-4-10)7-13(21)17(14)27-9-19(22)5-1-2-6-19/h7-8,10H,1-6,9,22H2,(H,25,26). The summed E-state index contributed by atoms with van der Waals surface area (Å²) in [7, 11) is 0. The molecule has 0 spiro atoms. The van der Waals surface area contributed by atoms with Crippen LogP contribution in [0, 0.1) is 5.82 Å². The van der Waals surface area contributed by atoms with Gasteiger partial charge in [0.2, 0.25) is 5.43 Å². The second kappa shape index (κ2) is 6.49. The van der Waals surface area contributed by atoms with Crippen LogP contribution >= 0.6 is 11.6 Å². The Bertz CT molecular complexity index is 994. The monoisotopic (exact) mass is 394 g/mol. The summed E-state index contributed by atoms with van der Waals surface area (Å²) in [5.41, 5.74) is 4.92. The maximum absolute atomic E-state index is 14.7. The van der Waals surface area contributed by atoms with Gasteiger partial charge in [-0.3, -0.25) is 4.79 Å². The predicted octanol–water partition coefficient (Wildman–Crippen LogP) is 3.48. The fourth-order valence-corrected chi connectivity index (χ4v) is 4.13. The summed E-state index contributed by atoms with van der Waals surface area (Å²) >= 11 is 6.45. The number of ether oxygens (including phenoxy) is 1. The van der Waals surface area contributed by atoms with E-state index in [-0.39, 0.29) is 28.8 Å². The Morgan fingerprint density at radius 3 is 2.67 bits per heavy atom. The van der Waals surface area contributed by atoms with Crippen molar-refractivity contribution in [3.05, 3.63) is 38.9 Å². The van der Waals surface area contributed by atoms with Crippen LogP contribution in [-0.2, 0) is 0 Å². The van der Waals surface area contributed by atoms with Gasteiger partial charge in [-0.05, 0) is 31.7 Å². The van der Waals surface area contributed by atoms with Crippen LogP contribution in [0.1, 0.15) is 54.9 Å². The van der Waals surface area contributed by atoms with Gasteiger partial charge >= 0.3 is 5.97 Å². The minimum absolute atomic E-state index is 0.0208. The van der Waals surface area contributed by atoms with Gasteiger partial charge in [0.25, 0.3) is 0 Å². The number of carboxylic acid groups (broad SMARTS) is 1. The predicted molar refractivity (Wildman–Crippen MR) is 99.3 cm³/mol. The van der Waals surface area contributed by atoms with Crippen molar-refractivity contribution < 1.29 is 19.0 Å². The molecule has 2 saturated carbocycles. The lowest BCUT2D eigenvalue weighted by Gasteiger charge is -2.24. The van der Waals surface area contributed by atoms with Crippen LogP contribution in [0.25, 0.3) is 10.9 Å². The van der Waals surface area contributed by atoms with Crippen LogP contribution in [-0.4, -0.2) is 27.8 Å². The van der Waals surface area contributed by atoms with Crippen molar-refractivity contribution in [2.45, 2.75) is 50.1 Å². The van der Waals surface area contributed by atoms with Crippen molar-refractivity contribution in [2.75, 3.05) is 6.61 Å². The van der Waals surface area contributed by atoms with Gasteiger partial charge in [0.05, 0.1) is 16.4 Å². The normalized spacial score (nSPS) is 18.8. The number of aromatic carboxylic acids is 1. The molecule has 2 aliphatic rings. The van der Waals surface area contributed by atoms with Crippen molar-refractivity contribution in [3.8, 4) is 5.75 Å². The highest BCUT2D eigenvalue weighted by Crippen LogP contribution is 2.42. The van der Waals surface area contributed by atoms with Gasteiger partial charge in [-0.1, -0.05) is 24.4 Å². The number of hydrogen-bond donors (Lipinski definition) is 2. The van der Waals surface area contributed by atoms with E-state index < -0.39 is 28.3 Å². The molecule has 0 atom stereocenters. The van der Waals surface area contributed by atoms with Crippen molar-refractivity contribution in [1.29, 1.82) is 0 Å². The van der Waals surface area contributed by atoms with Crippen molar-refractivity contribution in [1.82, 2.24) is 4.57 Å². The van der Waals surface area contributed by atoms with Crippen molar-refractivity contribution in [3.63, 3.8) is 0 Å². The molecule has 1 aromatic carbocycles. The number of pyridine rings is 1. The number of nitrogens with zero attached hydrogens (tertiary/aromatic N) is 1. The van der Waals surface area contributed by atoms with Gasteiger partial charge in [0.15, 0.2) is 11.6 Å². The molecule has 8 heteroatoms. The molecule has 0 bridgehead atoms. The number of carbonyl (C=O) groups is 1. The van der Waals surface area contributed by atoms with E-state index in [2.05, 4.69) is 0 Å². The zero-order valence-corrected chi connectivity index (χ0v) is 15.4. The fraction of sp³-hybridized carbons (Fsp3) is 0.474. The summed E-state index contributed by atoms with van der Waals surface area (Å²) in [5.74, 6) is -2.28. The molecule has 27 heavy (non-hydrogen) atoms. The molecule has 0 unspecified atom stereocenters. The molecule has 2 aliphatic carbocycles. The van der Waals surface area contributed by atoms with Crippen LogP contribution in [0.5, 0.6) is 5.75 Å². The number of rotatable bonds is 5. The third kappa shape index (κ3) is 3.19.